The van der Waals surface area contributed by atoms with Gasteiger partial charge >= 0.3 is 0 Å². The molecule has 2 fully saturated rings. The van der Waals surface area contributed by atoms with Crippen molar-refractivity contribution in [1.82, 2.24) is 14.8 Å². The van der Waals surface area contributed by atoms with E-state index in [9.17, 15) is 4.79 Å². The molecule has 0 atom stereocenters. The fourth-order valence-corrected chi connectivity index (χ4v) is 2.83. The summed E-state index contributed by atoms with van der Waals surface area (Å²) in [6.07, 6.45) is 3.45. The third-order valence-corrected chi connectivity index (χ3v) is 4.17. The predicted octanol–water partition coefficient (Wildman–Crippen LogP) is 1.15. The van der Waals surface area contributed by atoms with Crippen LogP contribution in [-0.2, 0) is 6.42 Å². The van der Waals surface area contributed by atoms with Gasteiger partial charge in [0.05, 0.1) is 0 Å². The van der Waals surface area contributed by atoms with Gasteiger partial charge in [-0.15, -0.1) is 0 Å². The average molecular weight is 274 g/mol. The van der Waals surface area contributed by atoms with E-state index in [1.165, 1.54) is 12.8 Å². The van der Waals surface area contributed by atoms with Crippen molar-refractivity contribution in [2.24, 2.45) is 0 Å². The van der Waals surface area contributed by atoms with E-state index in [4.69, 9.17) is 5.73 Å². The molecular formula is C15H22N4O. The second kappa shape index (κ2) is 5.40. The summed E-state index contributed by atoms with van der Waals surface area (Å²) in [6.45, 7) is 5.65. The first-order chi connectivity index (χ1) is 9.67. The van der Waals surface area contributed by atoms with Gasteiger partial charge in [0.1, 0.15) is 5.82 Å². The molecule has 0 unspecified atom stereocenters. The topological polar surface area (TPSA) is 62.5 Å². The second-order valence-corrected chi connectivity index (χ2v) is 5.68. The molecule has 0 radical (unpaired) electrons. The highest BCUT2D eigenvalue weighted by molar-refractivity contribution is 5.95. The van der Waals surface area contributed by atoms with Crippen molar-refractivity contribution in [3.63, 3.8) is 0 Å². The second-order valence-electron chi connectivity index (χ2n) is 5.68. The molecule has 3 rings (SSSR count). The molecule has 1 saturated heterocycles. The SMILES string of the molecule is CCc1cc(C(=O)N2CCN(C3CC3)CC2)cc(N)n1. The largest absolute Gasteiger partial charge is 0.384 e. The van der Waals surface area contributed by atoms with Crippen LogP contribution in [0.25, 0.3) is 0 Å². The number of nitrogens with zero attached hydrogens (tertiary/aromatic N) is 3. The summed E-state index contributed by atoms with van der Waals surface area (Å²) >= 11 is 0. The Labute approximate surface area is 119 Å². The van der Waals surface area contributed by atoms with Crippen LogP contribution in [0.3, 0.4) is 0 Å². The van der Waals surface area contributed by atoms with Crippen molar-refractivity contribution in [1.29, 1.82) is 0 Å². The number of pyridine rings is 1. The number of hydrogen-bond acceptors (Lipinski definition) is 4. The minimum absolute atomic E-state index is 0.0873. The fraction of sp³-hybridized carbons (Fsp3) is 0.600. The number of rotatable bonds is 3. The molecule has 1 amide bonds. The van der Waals surface area contributed by atoms with E-state index in [0.717, 1.165) is 44.3 Å². The monoisotopic (exact) mass is 274 g/mol. The van der Waals surface area contributed by atoms with E-state index in [-0.39, 0.29) is 5.91 Å². The summed E-state index contributed by atoms with van der Waals surface area (Å²) in [4.78, 5) is 21.2. The van der Waals surface area contributed by atoms with Gasteiger partial charge in [-0.3, -0.25) is 9.69 Å². The Bertz CT molecular complexity index is 505. The Hall–Kier alpha value is -1.62. The number of aryl methyl sites for hydroxylation is 1. The minimum Gasteiger partial charge on any atom is -0.384 e. The van der Waals surface area contributed by atoms with Crippen LogP contribution in [-0.4, -0.2) is 52.9 Å². The van der Waals surface area contributed by atoms with Gasteiger partial charge in [0.25, 0.3) is 5.91 Å². The number of carbonyl (C=O) groups excluding carboxylic acids is 1. The number of hydrogen-bond donors (Lipinski definition) is 1. The highest BCUT2D eigenvalue weighted by Crippen LogP contribution is 2.27. The van der Waals surface area contributed by atoms with Gasteiger partial charge in [-0.05, 0) is 31.4 Å². The van der Waals surface area contributed by atoms with Crippen LogP contribution in [0.4, 0.5) is 5.82 Å². The summed E-state index contributed by atoms with van der Waals surface area (Å²) in [5.41, 5.74) is 7.34. The predicted molar refractivity (Wildman–Crippen MR) is 78.5 cm³/mol. The highest BCUT2D eigenvalue weighted by atomic mass is 16.2. The van der Waals surface area contributed by atoms with Gasteiger partial charge in [0, 0.05) is 43.5 Å². The van der Waals surface area contributed by atoms with Crippen LogP contribution in [0.5, 0.6) is 0 Å². The van der Waals surface area contributed by atoms with Crippen molar-refractivity contribution in [3.8, 4) is 0 Å². The Kier molecular flexibility index (Phi) is 3.61. The minimum atomic E-state index is 0.0873. The molecule has 0 aromatic carbocycles. The van der Waals surface area contributed by atoms with Crippen LogP contribution >= 0.6 is 0 Å². The normalized spacial score (nSPS) is 20.1. The molecule has 5 heteroatoms. The van der Waals surface area contributed by atoms with Gasteiger partial charge in [-0.1, -0.05) is 6.92 Å². The third kappa shape index (κ3) is 2.77. The molecule has 0 bridgehead atoms. The van der Waals surface area contributed by atoms with Crippen LogP contribution < -0.4 is 5.73 Å². The Morgan fingerprint density at radius 1 is 1.30 bits per heavy atom. The van der Waals surface area contributed by atoms with Gasteiger partial charge in [-0.25, -0.2) is 4.98 Å². The molecule has 1 aliphatic carbocycles. The maximum Gasteiger partial charge on any atom is 0.254 e. The Morgan fingerprint density at radius 2 is 2.00 bits per heavy atom. The standard InChI is InChI=1S/C15H22N4O/c1-2-12-9-11(10-14(16)17-12)15(20)19-7-5-18(6-8-19)13-3-4-13/h9-10,13H,2-8H2,1H3,(H2,16,17). The van der Waals surface area contributed by atoms with E-state index < -0.39 is 0 Å². The number of carbonyl (C=O) groups is 1. The highest BCUT2D eigenvalue weighted by Gasteiger charge is 2.32. The molecule has 1 aromatic heterocycles. The molecular weight excluding hydrogens is 252 g/mol. The summed E-state index contributed by atoms with van der Waals surface area (Å²) in [5, 5.41) is 0. The lowest BCUT2D eigenvalue weighted by atomic mass is 10.1. The van der Waals surface area contributed by atoms with Crippen molar-refractivity contribution in [3.05, 3.63) is 23.4 Å². The van der Waals surface area contributed by atoms with Crippen LogP contribution in [0, 0.1) is 0 Å². The van der Waals surface area contributed by atoms with Crippen molar-refractivity contribution >= 4 is 11.7 Å². The fourth-order valence-electron chi connectivity index (χ4n) is 2.83. The van der Waals surface area contributed by atoms with Gasteiger partial charge in [0.2, 0.25) is 0 Å². The van der Waals surface area contributed by atoms with Crippen molar-refractivity contribution in [2.45, 2.75) is 32.2 Å². The first kappa shape index (κ1) is 13.4. The quantitative estimate of drug-likeness (QED) is 0.898. The van der Waals surface area contributed by atoms with E-state index in [1.54, 1.807) is 6.07 Å². The lowest BCUT2D eigenvalue weighted by Crippen LogP contribution is -2.49. The number of nitrogens with two attached hydrogens (primary N) is 1. The van der Waals surface area contributed by atoms with Gasteiger partial charge in [0.15, 0.2) is 0 Å². The van der Waals surface area contributed by atoms with Crippen LogP contribution in [0.2, 0.25) is 0 Å². The molecule has 0 spiro atoms. The summed E-state index contributed by atoms with van der Waals surface area (Å²) in [7, 11) is 0. The molecule has 1 aliphatic heterocycles. The van der Waals surface area contributed by atoms with Crippen LogP contribution in [0.15, 0.2) is 12.1 Å². The first-order valence-corrected chi connectivity index (χ1v) is 7.47. The third-order valence-electron chi connectivity index (χ3n) is 4.17. The lowest BCUT2D eigenvalue weighted by Gasteiger charge is -2.34. The summed E-state index contributed by atoms with van der Waals surface area (Å²) in [5.74, 6) is 0.522. The zero-order chi connectivity index (χ0) is 14.1. The maximum atomic E-state index is 12.5. The van der Waals surface area contributed by atoms with Crippen molar-refractivity contribution in [2.75, 3.05) is 31.9 Å². The van der Waals surface area contributed by atoms with E-state index >= 15 is 0 Å². The van der Waals surface area contributed by atoms with Gasteiger partial charge in [-0.2, -0.15) is 0 Å². The number of amides is 1. The number of nitrogen functional groups attached to an aromatic ring is 1. The lowest BCUT2D eigenvalue weighted by molar-refractivity contribution is 0.0627. The first-order valence-electron chi connectivity index (χ1n) is 7.47. The summed E-state index contributed by atoms with van der Waals surface area (Å²) < 4.78 is 0. The number of anilines is 1. The maximum absolute atomic E-state index is 12.5. The molecule has 108 valence electrons. The smallest absolute Gasteiger partial charge is 0.254 e. The molecule has 1 saturated carbocycles. The van der Waals surface area contributed by atoms with E-state index in [1.807, 2.05) is 17.9 Å². The number of piperazine rings is 1. The molecule has 2 aliphatic rings. The van der Waals surface area contributed by atoms with E-state index in [0.29, 0.717) is 11.4 Å². The molecule has 1 aromatic rings. The van der Waals surface area contributed by atoms with Gasteiger partial charge < -0.3 is 10.6 Å². The summed E-state index contributed by atoms with van der Waals surface area (Å²) in [6, 6.07) is 4.34. The Balaban J connectivity index is 1.68. The zero-order valence-electron chi connectivity index (χ0n) is 12.0. The average Bonchev–Trinajstić information content (AvgIpc) is 3.30. The zero-order valence-corrected chi connectivity index (χ0v) is 12.0. The molecule has 2 heterocycles. The van der Waals surface area contributed by atoms with Crippen LogP contribution in [0.1, 0.15) is 35.8 Å². The van der Waals surface area contributed by atoms with Crippen molar-refractivity contribution < 1.29 is 4.79 Å². The Morgan fingerprint density at radius 3 is 2.60 bits per heavy atom. The molecule has 2 N–H and O–H groups in total. The molecule has 5 nitrogen and oxygen atoms in total. The number of aromatic nitrogens is 1. The van der Waals surface area contributed by atoms with E-state index in [2.05, 4.69) is 9.88 Å². The molecule has 20 heavy (non-hydrogen) atoms.